The Labute approximate surface area is 82.0 Å². The first kappa shape index (κ1) is 10.3. The average Bonchev–Trinajstić information content (AvgIpc) is 2.11. The normalized spacial score (nSPS) is 10.1. The number of thioether (sulfide) groups is 1. The highest BCUT2D eigenvalue weighted by atomic mass is 32.2. The molecular formula is C10H12O2S. The van der Waals surface area contributed by atoms with Crippen LogP contribution in [0.25, 0.3) is 0 Å². The van der Waals surface area contributed by atoms with E-state index < -0.39 is 6.61 Å². The van der Waals surface area contributed by atoms with Crippen molar-refractivity contribution in [3.8, 4) is 0 Å². The summed E-state index contributed by atoms with van der Waals surface area (Å²) in [6.07, 6.45) is 0. The second kappa shape index (κ2) is 4.44. The van der Waals surface area contributed by atoms with E-state index in [0.717, 1.165) is 27.8 Å². The lowest BCUT2D eigenvalue weighted by atomic mass is 10.2. The zero-order valence-corrected chi connectivity index (χ0v) is 8.52. The number of hydrogen-bond donors (Lipinski definition) is 1. The van der Waals surface area contributed by atoms with Crippen molar-refractivity contribution >= 4 is 16.9 Å². The fourth-order valence-electron chi connectivity index (χ4n) is 0.972. The molecule has 0 aromatic heterocycles. The Hall–Kier alpha value is -0.800. The molecule has 1 aromatic rings. The summed E-state index contributed by atoms with van der Waals surface area (Å²) in [6, 6.07) is 5.93. The SMILES string of the molecule is Cc1ccc(C)c(SC(=O)CO)c1. The van der Waals surface area contributed by atoms with E-state index in [-0.39, 0.29) is 5.12 Å². The fourth-order valence-corrected chi connectivity index (χ4v) is 1.76. The van der Waals surface area contributed by atoms with Crippen LogP contribution in [0.2, 0.25) is 0 Å². The van der Waals surface area contributed by atoms with Crippen molar-refractivity contribution in [3.05, 3.63) is 29.3 Å². The first-order valence-corrected chi connectivity index (χ1v) is 4.84. The molecule has 0 aliphatic carbocycles. The number of aliphatic hydroxyl groups excluding tert-OH is 1. The largest absolute Gasteiger partial charge is 0.388 e. The van der Waals surface area contributed by atoms with E-state index in [4.69, 9.17) is 5.11 Å². The molecule has 0 unspecified atom stereocenters. The van der Waals surface area contributed by atoms with Crippen LogP contribution in [0.3, 0.4) is 0 Å². The van der Waals surface area contributed by atoms with E-state index in [1.165, 1.54) is 0 Å². The van der Waals surface area contributed by atoms with Gasteiger partial charge in [-0.2, -0.15) is 0 Å². The summed E-state index contributed by atoms with van der Waals surface area (Å²) in [5.74, 6) is 0. The molecule has 70 valence electrons. The molecular weight excluding hydrogens is 184 g/mol. The van der Waals surface area contributed by atoms with E-state index in [1.54, 1.807) is 0 Å². The number of benzene rings is 1. The molecule has 1 aromatic carbocycles. The Kier molecular flexibility index (Phi) is 3.51. The van der Waals surface area contributed by atoms with Crippen LogP contribution in [0.4, 0.5) is 0 Å². The molecule has 0 spiro atoms. The van der Waals surface area contributed by atoms with E-state index in [2.05, 4.69) is 0 Å². The summed E-state index contributed by atoms with van der Waals surface area (Å²) in [6.45, 7) is 3.53. The smallest absolute Gasteiger partial charge is 0.219 e. The van der Waals surface area contributed by atoms with E-state index in [9.17, 15) is 4.79 Å². The molecule has 0 fully saturated rings. The van der Waals surface area contributed by atoms with Crippen LogP contribution in [0.15, 0.2) is 23.1 Å². The van der Waals surface area contributed by atoms with Crippen LogP contribution in [-0.4, -0.2) is 16.8 Å². The third-order valence-electron chi connectivity index (χ3n) is 1.70. The van der Waals surface area contributed by atoms with Gasteiger partial charge in [0, 0.05) is 4.90 Å². The van der Waals surface area contributed by atoms with E-state index in [0.29, 0.717) is 0 Å². The van der Waals surface area contributed by atoms with E-state index in [1.807, 2.05) is 32.0 Å². The van der Waals surface area contributed by atoms with Gasteiger partial charge in [-0.3, -0.25) is 4.79 Å². The predicted octanol–water partition coefficient (Wildman–Crippen LogP) is 1.91. The van der Waals surface area contributed by atoms with Crippen molar-refractivity contribution < 1.29 is 9.90 Å². The summed E-state index contributed by atoms with van der Waals surface area (Å²) in [5, 5.41) is 8.37. The third kappa shape index (κ3) is 2.86. The molecule has 0 radical (unpaired) electrons. The third-order valence-corrected chi connectivity index (χ3v) is 2.71. The highest BCUT2D eigenvalue weighted by Gasteiger charge is 2.05. The number of hydrogen-bond acceptors (Lipinski definition) is 3. The van der Waals surface area contributed by atoms with Crippen LogP contribution >= 0.6 is 11.8 Å². The second-order valence-electron chi connectivity index (χ2n) is 2.90. The maximum atomic E-state index is 11.0. The minimum absolute atomic E-state index is 0.214. The zero-order chi connectivity index (χ0) is 9.84. The van der Waals surface area contributed by atoms with Gasteiger partial charge in [0.2, 0.25) is 5.12 Å². The van der Waals surface area contributed by atoms with Crippen LogP contribution < -0.4 is 0 Å². The first-order valence-electron chi connectivity index (χ1n) is 4.02. The minimum atomic E-state index is -0.405. The summed E-state index contributed by atoms with van der Waals surface area (Å²) >= 11 is 1.10. The molecule has 1 N–H and O–H groups in total. The molecule has 3 heteroatoms. The standard InChI is InChI=1S/C10H12O2S/c1-7-3-4-8(2)9(5-7)13-10(12)6-11/h3-5,11H,6H2,1-2H3. The van der Waals surface area contributed by atoms with Gasteiger partial charge in [0.25, 0.3) is 0 Å². The van der Waals surface area contributed by atoms with Crippen molar-refractivity contribution in [2.24, 2.45) is 0 Å². The molecule has 13 heavy (non-hydrogen) atoms. The van der Waals surface area contributed by atoms with Gasteiger partial charge in [-0.1, -0.05) is 12.1 Å². The molecule has 0 aliphatic rings. The van der Waals surface area contributed by atoms with Crippen LogP contribution in [0.1, 0.15) is 11.1 Å². The van der Waals surface area contributed by atoms with Gasteiger partial charge >= 0.3 is 0 Å². The van der Waals surface area contributed by atoms with Crippen molar-refractivity contribution in [1.82, 2.24) is 0 Å². The average molecular weight is 196 g/mol. The predicted molar refractivity (Wildman–Crippen MR) is 53.9 cm³/mol. The molecule has 0 aliphatic heterocycles. The molecule has 2 nitrogen and oxygen atoms in total. The Balaban J connectivity index is 2.87. The minimum Gasteiger partial charge on any atom is -0.388 e. The maximum Gasteiger partial charge on any atom is 0.219 e. The van der Waals surface area contributed by atoms with Gasteiger partial charge in [-0.05, 0) is 42.8 Å². The number of carbonyl (C=O) groups is 1. The van der Waals surface area contributed by atoms with Crippen molar-refractivity contribution in [3.63, 3.8) is 0 Å². The molecule has 0 bridgehead atoms. The van der Waals surface area contributed by atoms with Crippen LogP contribution in [0, 0.1) is 13.8 Å². The van der Waals surface area contributed by atoms with Crippen molar-refractivity contribution in [2.45, 2.75) is 18.7 Å². The Bertz CT molecular complexity index is 321. The number of aryl methyl sites for hydroxylation is 2. The summed E-state index contributed by atoms with van der Waals surface area (Å²) in [4.78, 5) is 11.9. The van der Waals surface area contributed by atoms with Gasteiger partial charge in [-0.15, -0.1) is 0 Å². The van der Waals surface area contributed by atoms with Crippen molar-refractivity contribution in [1.29, 1.82) is 0 Å². The van der Waals surface area contributed by atoms with Gasteiger partial charge < -0.3 is 5.11 Å². The monoisotopic (exact) mass is 196 g/mol. The van der Waals surface area contributed by atoms with E-state index >= 15 is 0 Å². The number of rotatable bonds is 2. The quantitative estimate of drug-likeness (QED) is 0.734. The topological polar surface area (TPSA) is 37.3 Å². The molecule has 0 saturated heterocycles. The summed E-state index contributed by atoms with van der Waals surface area (Å²) < 4.78 is 0. The Morgan fingerprint density at radius 3 is 2.77 bits per heavy atom. The van der Waals surface area contributed by atoms with Gasteiger partial charge in [0.1, 0.15) is 6.61 Å². The Morgan fingerprint density at radius 1 is 1.46 bits per heavy atom. The molecule has 0 saturated carbocycles. The highest BCUT2D eigenvalue weighted by molar-refractivity contribution is 8.13. The van der Waals surface area contributed by atoms with Gasteiger partial charge in [0.05, 0.1) is 0 Å². The lowest BCUT2D eigenvalue weighted by Crippen LogP contribution is -1.97. The van der Waals surface area contributed by atoms with Crippen LogP contribution in [-0.2, 0) is 4.79 Å². The first-order chi connectivity index (χ1) is 6.13. The highest BCUT2D eigenvalue weighted by Crippen LogP contribution is 2.23. The fraction of sp³-hybridized carbons (Fsp3) is 0.300. The lowest BCUT2D eigenvalue weighted by molar-refractivity contribution is -0.113. The lowest BCUT2D eigenvalue weighted by Gasteiger charge is -2.03. The zero-order valence-electron chi connectivity index (χ0n) is 7.70. The molecule has 0 heterocycles. The second-order valence-corrected chi connectivity index (χ2v) is 4.00. The number of aliphatic hydroxyl groups is 1. The molecule has 1 rings (SSSR count). The molecule has 0 atom stereocenters. The summed E-state index contributed by atoms with van der Waals surface area (Å²) in [5.41, 5.74) is 2.19. The van der Waals surface area contributed by atoms with Crippen LogP contribution in [0.5, 0.6) is 0 Å². The van der Waals surface area contributed by atoms with Gasteiger partial charge in [-0.25, -0.2) is 0 Å². The number of carbonyl (C=O) groups excluding carboxylic acids is 1. The summed E-state index contributed by atoms with van der Waals surface area (Å²) in [7, 11) is 0. The van der Waals surface area contributed by atoms with Gasteiger partial charge in [0.15, 0.2) is 0 Å². The maximum absolute atomic E-state index is 11.0. The van der Waals surface area contributed by atoms with Crippen molar-refractivity contribution in [2.75, 3.05) is 6.61 Å². The Morgan fingerprint density at radius 2 is 2.15 bits per heavy atom. The molecule has 0 amide bonds.